The molecule has 3 aromatic rings. The zero-order valence-corrected chi connectivity index (χ0v) is 17.5. The number of hydrogen-bond donors (Lipinski definition) is 0. The molecule has 1 saturated heterocycles. The smallest absolute Gasteiger partial charge is 0.363 e. The Kier molecular flexibility index (Phi) is 5.12. The number of aromatic nitrogens is 2. The zero-order valence-electron chi connectivity index (χ0n) is 17.5. The second kappa shape index (κ2) is 8.22. The summed E-state index contributed by atoms with van der Waals surface area (Å²) < 4.78 is 7.43. The van der Waals surface area contributed by atoms with Crippen LogP contribution in [0.3, 0.4) is 0 Å². The molecular weight excluding hydrogens is 388 g/mol. The van der Waals surface area contributed by atoms with Gasteiger partial charge in [-0.15, -0.1) is 0 Å². The number of ether oxygens (including phenoxy) is 1. The lowest BCUT2D eigenvalue weighted by atomic mass is 10.1. The highest BCUT2D eigenvalue weighted by Crippen LogP contribution is 2.32. The molecule has 0 unspecified atom stereocenters. The van der Waals surface area contributed by atoms with E-state index in [9.17, 15) is 4.79 Å². The van der Waals surface area contributed by atoms with Crippen LogP contribution >= 0.6 is 0 Å². The van der Waals surface area contributed by atoms with Gasteiger partial charge in [0.15, 0.2) is 5.70 Å². The summed E-state index contributed by atoms with van der Waals surface area (Å²) in [6.45, 7) is 3.91. The van der Waals surface area contributed by atoms with Gasteiger partial charge in [0.2, 0.25) is 5.90 Å². The first-order chi connectivity index (χ1) is 15.2. The average Bonchev–Trinajstić information content (AvgIpc) is 3.35. The van der Waals surface area contributed by atoms with Gasteiger partial charge in [0, 0.05) is 24.2 Å². The molecule has 5 rings (SSSR count). The van der Waals surface area contributed by atoms with Crippen LogP contribution in [-0.4, -0.2) is 34.7 Å². The highest BCUT2D eigenvalue weighted by atomic mass is 16.6. The van der Waals surface area contributed by atoms with Crippen LogP contribution in [0.2, 0.25) is 0 Å². The molecule has 0 amide bonds. The number of aryl methyl sites for hydroxylation is 1. The highest BCUT2D eigenvalue weighted by molar-refractivity contribution is 6.13. The van der Waals surface area contributed by atoms with Crippen LogP contribution in [0.25, 0.3) is 11.8 Å². The summed E-state index contributed by atoms with van der Waals surface area (Å²) in [5.74, 6) is 0.909. The number of rotatable bonds is 4. The van der Waals surface area contributed by atoms with Gasteiger partial charge in [-0.3, -0.25) is 0 Å². The number of hydrogen-bond acceptors (Lipinski definition) is 5. The molecule has 0 aliphatic carbocycles. The van der Waals surface area contributed by atoms with E-state index in [1.54, 1.807) is 0 Å². The van der Waals surface area contributed by atoms with E-state index in [4.69, 9.17) is 9.84 Å². The fraction of sp³-hybridized carbons (Fsp3) is 0.240. The van der Waals surface area contributed by atoms with Crippen molar-refractivity contribution < 1.29 is 9.53 Å². The summed E-state index contributed by atoms with van der Waals surface area (Å²) in [5.41, 5.74) is 3.85. The number of piperidine rings is 1. The van der Waals surface area contributed by atoms with Gasteiger partial charge in [-0.1, -0.05) is 36.4 Å². The molecule has 0 radical (unpaired) electrons. The average molecular weight is 412 g/mol. The Balaban J connectivity index is 1.61. The summed E-state index contributed by atoms with van der Waals surface area (Å²) in [6, 6.07) is 19.6. The molecular formula is C25H24N4O2. The van der Waals surface area contributed by atoms with Gasteiger partial charge in [-0.05, 0) is 56.5 Å². The first-order valence-corrected chi connectivity index (χ1v) is 10.7. The van der Waals surface area contributed by atoms with E-state index < -0.39 is 5.97 Å². The molecule has 0 spiro atoms. The van der Waals surface area contributed by atoms with E-state index in [1.165, 1.54) is 6.42 Å². The predicted octanol–water partition coefficient (Wildman–Crippen LogP) is 4.52. The summed E-state index contributed by atoms with van der Waals surface area (Å²) in [7, 11) is 0. The Hall–Kier alpha value is -3.67. The quantitative estimate of drug-likeness (QED) is 0.467. The van der Waals surface area contributed by atoms with Crippen molar-refractivity contribution in [2.45, 2.75) is 26.2 Å². The van der Waals surface area contributed by atoms with E-state index >= 15 is 0 Å². The van der Waals surface area contributed by atoms with Gasteiger partial charge < -0.3 is 9.64 Å². The molecule has 1 aromatic heterocycles. The lowest BCUT2D eigenvalue weighted by Gasteiger charge is -2.29. The summed E-state index contributed by atoms with van der Waals surface area (Å²) in [4.78, 5) is 19.5. The molecule has 6 nitrogen and oxygen atoms in total. The number of nitrogens with zero attached hydrogens (tertiary/aromatic N) is 4. The number of esters is 1. The zero-order chi connectivity index (χ0) is 21.2. The van der Waals surface area contributed by atoms with Crippen molar-refractivity contribution in [1.29, 1.82) is 0 Å². The number of carbonyl (C=O) groups is 1. The lowest BCUT2D eigenvalue weighted by molar-refractivity contribution is -0.129. The summed E-state index contributed by atoms with van der Waals surface area (Å²) in [6.07, 6.45) is 5.35. The largest absolute Gasteiger partial charge is 0.402 e. The van der Waals surface area contributed by atoms with E-state index in [1.807, 2.05) is 78.3 Å². The second-order valence-electron chi connectivity index (χ2n) is 7.82. The van der Waals surface area contributed by atoms with Crippen LogP contribution < -0.4 is 4.90 Å². The van der Waals surface area contributed by atoms with Crippen LogP contribution in [0.4, 0.5) is 5.82 Å². The minimum Gasteiger partial charge on any atom is -0.402 e. The minimum absolute atomic E-state index is 0.299. The molecule has 1 fully saturated rings. The third-order valence-corrected chi connectivity index (χ3v) is 5.66. The van der Waals surface area contributed by atoms with Crippen LogP contribution in [0.1, 0.15) is 36.1 Å². The molecule has 2 aliphatic heterocycles. The molecule has 31 heavy (non-hydrogen) atoms. The van der Waals surface area contributed by atoms with E-state index in [-0.39, 0.29) is 0 Å². The number of carbonyl (C=O) groups excluding carboxylic acids is 1. The molecule has 0 saturated carbocycles. The Morgan fingerprint density at radius 3 is 2.32 bits per heavy atom. The minimum atomic E-state index is -0.435. The molecule has 0 N–H and O–H groups in total. The van der Waals surface area contributed by atoms with Crippen LogP contribution in [0.5, 0.6) is 0 Å². The van der Waals surface area contributed by atoms with E-state index in [0.717, 1.165) is 54.3 Å². The fourth-order valence-corrected chi connectivity index (χ4v) is 4.11. The predicted molar refractivity (Wildman–Crippen MR) is 121 cm³/mol. The van der Waals surface area contributed by atoms with Crippen LogP contribution in [-0.2, 0) is 9.53 Å². The number of para-hydroxylation sites is 1. The highest BCUT2D eigenvalue weighted by Gasteiger charge is 2.27. The standard InChI is InChI=1S/C25H24N4O2/c1-18-21(17-22-25(30)31-23(26-22)19-11-5-2-6-12-19)24(28-15-9-4-10-16-28)29(27-18)20-13-7-3-8-14-20/h2-3,5-8,11-14,17H,4,9-10,15-16H2,1H3/b22-17+. The molecule has 156 valence electrons. The monoisotopic (exact) mass is 412 g/mol. The molecule has 3 heterocycles. The Labute approximate surface area is 181 Å². The maximum absolute atomic E-state index is 12.6. The third-order valence-electron chi connectivity index (χ3n) is 5.66. The SMILES string of the molecule is Cc1nn(-c2ccccc2)c(N2CCCCC2)c1/C=C1/N=C(c2ccccc2)OC1=O. The van der Waals surface area contributed by atoms with Crippen molar-refractivity contribution in [3.8, 4) is 5.69 Å². The molecule has 6 heteroatoms. The van der Waals surface area contributed by atoms with Crippen molar-refractivity contribution in [1.82, 2.24) is 9.78 Å². The number of anilines is 1. The maximum atomic E-state index is 12.6. The van der Waals surface area contributed by atoms with Gasteiger partial charge in [-0.2, -0.15) is 5.10 Å². The first kappa shape index (κ1) is 19.3. The topological polar surface area (TPSA) is 59.7 Å². The molecule has 0 bridgehead atoms. The Morgan fingerprint density at radius 1 is 0.935 bits per heavy atom. The Morgan fingerprint density at radius 2 is 1.61 bits per heavy atom. The summed E-state index contributed by atoms with van der Waals surface area (Å²) >= 11 is 0. The third kappa shape index (κ3) is 3.77. The van der Waals surface area contributed by atoms with Crippen molar-refractivity contribution in [2.75, 3.05) is 18.0 Å². The number of cyclic esters (lactones) is 1. The normalized spacial score (nSPS) is 17.7. The fourth-order valence-electron chi connectivity index (χ4n) is 4.11. The number of benzene rings is 2. The van der Waals surface area contributed by atoms with Crippen LogP contribution in [0, 0.1) is 6.92 Å². The molecule has 0 atom stereocenters. The van der Waals surface area contributed by atoms with Gasteiger partial charge >= 0.3 is 5.97 Å². The van der Waals surface area contributed by atoms with Crippen LogP contribution in [0.15, 0.2) is 71.4 Å². The maximum Gasteiger partial charge on any atom is 0.363 e. The Bertz CT molecular complexity index is 1160. The van der Waals surface area contributed by atoms with Crippen molar-refractivity contribution in [3.63, 3.8) is 0 Å². The lowest BCUT2D eigenvalue weighted by Crippen LogP contribution is -2.31. The van der Waals surface area contributed by atoms with E-state index in [2.05, 4.69) is 9.89 Å². The second-order valence-corrected chi connectivity index (χ2v) is 7.82. The van der Waals surface area contributed by atoms with Gasteiger partial charge in [-0.25, -0.2) is 14.5 Å². The van der Waals surface area contributed by atoms with Crippen molar-refractivity contribution >= 4 is 23.8 Å². The summed E-state index contributed by atoms with van der Waals surface area (Å²) in [5, 5.41) is 4.83. The van der Waals surface area contributed by atoms with Crippen molar-refractivity contribution in [2.24, 2.45) is 4.99 Å². The first-order valence-electron chi connectivity index (χ1n) is 10.7. The molecule has 2 aliphatic rings. The number of aliphatic imine (C=N–C) groups is 1. The van der Waals surface area contributed by atoms with Crippen molar-refractivity contribution in [3.05, 3.63) is 83.2 Å². The van der Waals surface area contributed by atoms with Gasteiger partial charge in [0.1, 0.15) is 5.82 Å². The van der Waals surface area contributed by atoms with Gasteiger partial charge in [0.05, 0.1) is 11.4 Å². The van der Waals surface area contributed by atoms with E-state index in [0.29, 0.717) is 11.6 Å². The molecule has 2 aromatic carbocycles. The van der Waals surface area contributed by atoms with Gasteiger partial charge in [0.25, 0.3) is 0 Å².